The molecule has 8 nitrogen and oxygen atoms in total. The lowest BCUT2D eigenvalue weighted by Crippen LogP contribution is -2.23. The Balaban J connectivity index is 1.64. The molecule has 0 spiro atoms. The second-order valence-electron chi connectivity index (χ2n) is 8.47. The molecule has 1 aliphatic rings. The van der Waals surface area contributed by atoms with Gasteiger partial charge in [-0.3, -0.25) is 4.79 Å². The third-order valence-electron chi connectivity index (χ3n) is 6.53. The molecule has 0 radical (unpaired) electrons. The number of carbonyl (C=O) groups is 1. The van der Waals surface area contributed by atoms with Crippen LogP contribution in [0.2, 0.25) is 0 Å². The number of fused-ring (bicyclic) bond motifs is 3. The van der Waals surface area contributed by atoms with Crippen LogP contribution in [-0.4, -0.2) is 48.8 Å². The Kier molecular flexibility index (Phi) is 6.13. The monoisotopic (exact) mass is 473 g/mol. The lowest BCUT2D eigenvalue weighted by atomic mass is 9.81. The normalized spacial score (nSPS) is 15.2. The largest absolute Gasteiger partial charge is 0.497 e. The van der Waals surface area contributed by atoms with Crippen molar-refractivity contribution in [3.8, 4) is 28.4 Å². The van der Waals surface area contributed by atoms with Crippen molar-refractivity contribution in [2.24, 2.45) is 0 Å². The molecule has 1 atom stereocenters. The van der Waals surface area contributed by atoms with Crippen LogP contribution in [0.4, 0.5) is 0 Å². The molecular formula is C27H27N3O5. The smallest absolute Gasteiger partial charge is 0.166 e. The molecule has 5 rings (SSSR count). The van der Waals surface area contributed by atoms with Crippen molar-refractivity contribution in [1.82, 2.24) is 14.6 Å². The molecule has 0 saturated carbocycles. The second-order valence-corrected chi connectivity index (χ2v) is 8.47. The molecule has 0 bridgehead atoms. The van der Waals surface area contributed by atoms with Crippen LogP contribution in [0.3, 0.4) is 0 Å². The number of ketones is 1. The zero-order valence-electron chi connectivity index (χ0n) is 20.2. The minimum atomic E-state index is -0.0547. The number of carbonyl (C=O) groups excluding carboxylic acids is 1. The van der Waals surface area contributed by atoms with Crippen LogP contribution in [0.5, 0.6) is 17.2 Å². The van der Waals surface area contributed by atoms with Gasteiger partial charge in [0, 0.05) is 31.7 Å². The molecule has 8 heteroatoms. The first kappa shape index (κ1) is 22.9. The SMILES string of the molecule is COCc1nn2c3c(cnc2c1-c1ccc(OC)cc1)C(=O)C[C@H](c1ccc(OC)cc1OC)C3. The molecule has 35 heavy (non-hydrogen) atoms. The molecule has 2 aromatic carbocycles. The Morgan fingerprint density at radius 2 is 1.69 bits per heavy atom. The summed E-state index contributed by atoms with van der Waals surface area (Å²) in [5.74, 6) is 2.17. The van der Waals surface area contributed by atoms with Crippen molar-refractivity contribution in [1.29, 1.82) is 0 Å². The number of aromatic nitrogens is 3. The first-order valence-corrected chi connectivity index (χ1v) is 11.4. The van der Waals surface area contributed by atoms with Crippen molar-refractivity contribution in [2.75, 3.05) is 28.4 Å². The summed E-state index contributed by atoms with van der Waals surface area (Å²) in [6, 6.07) is 13.5. The fraction of sp³-hybridized carbons (Fsp3) is 0.296. The molecule has 0 aliphatic heterocycles. The average Bonchev–Trinajstić information content (AvgIpc) is 3.27. The van der Waals surface area contributed by atoms with Crippen molar-refractivity contribution >= 4 is 11.4 Å². The van der Waals surface area contributed by atoms with Gasteiger partial charge in [0.1, 0.15) is 17.2 Å². The maximum absolute atomic E-state index is 13.2. The average molecular weight is 474 g/mol. The topological polar surface area (TPSA) is 84.2 Å². The third kappa shape index (κ3) is 4.00. The van der Waals surface area contributed by atoms with Crippen LogP contribution in [0.15, 0.2) is 48.7 Å². The number of benzene rings is 2. The maximum Gasteiger partial charge on any atom is 0.166 e. The van der Waals surface area contributed by atoms with E-state index in [2.05, 4.69) is 4.98 Å². The summed E-state index contributed by atoms with van der Waals surface area (Å²) in [5.41, 5.74) is 5.70. The van der Waals surface area contributed by atoms with E-state index >= 15 is 0 Å². The highest BCUT2D eigenvalue weighted by atomic mass is 16.5. The Bertz CT molecular complexity index is 1390. The van der Waals surface area contributed by atoms with E-state index in [1.165, 1.54) is 0 Å². The van der Waals surface area contributed by atoms with E-state index in [4.69, 9.17) is 24.0 Å². The fourth-order valence-corrected chi connectivity index (χ4v) is 4.81. The summed E-state index contributed by atoms with van der Waals surface area (Å²) in [7, 11) is 6.53. The van der Waals surface area contributed by atoms with Crippen molar-refractivity contribution in [3.63, 3.8) is 0 Å². The van der Waals surface area contributed by atoms with Gasteiger partial charge in [0.2, 0.25) is 0 Å². The van der Waals surface area contributed by atoms with Crippen LogP contribution in [0, 0.1) is 0 Å². The van der Waals surface area contributed by atoms with Gasteiger partial charge in [-0.2, -0.15) is 5.10 Å². The van der Waals surface area contributed by atoms with Crippen LogP contribution in [-0.2, 0) is 17.8 Å². The standard InChI is InChI=1S/C27H27N3O5/c1-32-15-22-26(16-5-7-18(33-2)8-6-16)27-28-14-21-23(30(27)29-22)11-17(12-24(21)31)20-10-9-19(34-3)13-25(20)35-4/h5-10,13-14,17H,11-12,15H2,1-4H3/t17-/m1/s1. The summed E-state index contributed by atoms with van der Waals surface area (Å²) in [5, 5.41) is 4.86. The molecule has 180 valence electrons. The third-order valence-corrected chi connectivity index (χ3v) is 6.53. The Labute approximate surface area is 203 Å². The molecule has 0 amide bonds. The van der Waals surface area contributed by atoms with E-state index in [1.54, 1.807) is 34.6 Å². The van der Waals surface area contributed by atoms with Crippen LogP contribution < -0.4 is 14.2 Å². The Morgan fingerprint density at radius 3 is 2.37 bits per heavy atom. The molecule has 0 fully saturated rings. The lowest BCUT2D eigenvalue weighted by Gasteiger charge is -2.25. The molecule has 4 aromatic rings. The molecule has 0 unspecified atom stereocenters. The minimum absolute atomic E-state index is 0.0401. The molecule has 2 aromatic heterocycles. The van der Waals surface area contributed by atoms with Crippen molar-refractivity contribution < 1.29 is 23.7 Å². The summed E-state index contributed by atoms with van der Waals surface area (Å²) in [4.78, 5) is 17.9. The molecule has 0 N–H and O–H groups in total. The van der Waals surface area contributed by atoms with Crippen molar-refractivity contribution in [3.05, 3.63) is 71.2 Å². The summed E-state index contributed by atoms with van der Waals surface area (Å²) in [6.45, 7) is 0.323. The zero-order chi connectivity index (χ0) is 24.5. The van der Waals surface area contributed by atoms with Gasteiger partial charge in [-0.1, -0.05) is 18.2 Å². The van der Waals surface area contributed by atoms with Gasteiger partial charge in [-0.25, -0.2) is 9.50 Å². The number of methoxy groups -OCH3 is 4. The van der Waals surface area contributed by atoms with E-state index in [1.807, 2.05) is 47.0 Å². The summed E-state index contributed by atoms with van der Waals surface area (Å²) in [6.07, 6.45) is 2.68. The van der Waals surface area contributed by atoms with E-state index in [0.717, 1.165) is 33.8 Å². The van der Waals surface area contributed by atoms with Crippen LogP contribution >= 0.6 is 0 Å². The van der Waals surface area contributed by atoms with Gasteiger partial charge in [-0.15, -0.1) is 0 Å². The number of nitrogens with zero attached hydrogens (tertiary/aromatic N) is 3. The maximum atomic E-state index is 13.2. The van der Waals surface area contributed by atoms with Crippen LogP contribution in [0.1, 0.15) is 39.6 Å². The number of Topliss-reactive ketones (excluding diaryl/α,β-unsaturated/α-hetero) is 1. The Morgan fingerprint density at radius 1 is 0.943 bits per heavy atom. The van der Waals surface area contributed by atoms with E-state index in [-0.39, 0.29) is 11.7 Å². The predicted octanol–water partition coefficient (Wildman–Crippen LogP) is 4.48. The quantitative estimate of drug-likeness (QED) is 0.391. The number of hydrogen-bond donors (Lipinski definition) is 0. The van der Waals surface area contributed by atoms with E-state index in [0.29, 0.717) is 42.2 Å². The number of ether oxygens (including phenoxy) is 4. The van der Waals surface area contributed by atoms with Crippen molar-refractivity contribution in [2.45, 2.75) is 25.4 Å². The minimum Gasteiger partial charge on any atom is -0.497 e. The molecule has 0 saturated heterocycles. The second kappa shape index (κ2) is 9.38. The first-order valence-electron chi connectivity index (χ1n) is 11.4. The van der Waals surface area contributed by atoms with E-state index < -0.39 is 0 Å². The molecule has 1 aliphatic carbocycles. The highest BCUT2D eigenvalue weighted by Crippen LogP contribution is 2.39. The summed E-state index contributed by atoms with van der Waals surface area (Å²) >= 11 is 0. The van der Waals surface area contributed by atoms with Gasteiger partial charge in [0.05, 0.1) is 50.5 Å². The zero-order valence-corrected chi connectivity index (χ0v) is 20.2. The highest BCUT2D eigenvalue weighted by molar-refractivity contribution is 5.99. The number of hydrogen-bond acceptors (Lipinski definition) is 7. The van der Waals surface area contributed by atoms with Gasteiger partial charge in [0.15, 0.2) is 11.4 Å². The van der Waals surface area contributed by atoms with Gasteiger partial charge < -0.3 is 18.9 Å². The Hall–Kier alpha value is -3.91. The molecular weight excluding hydrogens is 446 g/mol. The van der Waals surface area contributed by atoms with Gasteiger partial charge in [0.25, 0.3) is 0 Å². The lowest BCUT2D eigenvalue weighted by molar-refractivity contribution is 0.0961. The van der Waals surface area contributed by atoms with Crippen LogP contribution in [0.25, 0.3) is 16.8 Å². The predicted molar refractivity (Wildman–Crippen MR) is 131 cm³/mol. The van der Waals surface area contributed by atoms with Gasteiger partial charge >= 0.3 is 0 Å². The van der Waals surface area contributed by atoms with Gasteiger partial charge in [-0.05, 0) is 35.7 Å². The highest BCUT2D eigenvalue weighted by Gasteiger charge is 2.32. The fourth-order valence-electron chi connectivity index (χ4n) is 4.81. The summed E-state index contributed by atoms with van der Waals surface area (Å²) < 4.78 is 23.5. The van der Waals surface area contributed by atoms with E-state index in [9.17, 15) is 4.79 Å². The number of rotatable bonds is 7. The molecule has 2 heterocycles. The first-order chi connectivity index (χ1) is 17.1.